The molecule has 1 nitrogen and oxygen atoms in total. The molecule has 0 spiro atoms. The molecule has 0 atom stereocenters. The molecule has 1 heterocycles. The van der Waals surface area contributed by atoms with Gasteiger partial charge in [-0.15, -0.1) is 11.6 Å². The summed E-state index contributed by atoms with van der Waals surface area (Å²) in [6, 6.07) is 10.2. The Labute approximate surface area is 98.9 Å². The molecule has 0 unspecified atom stereocenters. The molecule has 0 aliphatic rings. The predicted octanol–water partition coefficient (Wildman–Crippen LogP) is 3.93. The second-order valence-electron chi connectivity index (χ2n) is 3.58. The molecule has 1 aromatic carbocycles. The van der Waals surface area contributed by atoms with Gasteiger partial charge in [-0.05, 0) is 42.8 Å². The summed E-state index contributed by atoms with van der Waals surface area (Å²) >= 11 is 5.76. The Hall–Kier alpha value is -1.41. The summed E-state index contributed by atoms with van der Waals surface area (Å²) in [5, 5.41) is 0. The van der Waals surface area contributed by atoms with Crippen LogP contribution in [0.25, 0.3) is 11.3 Å². The fourth-order valence-electron chi connectivity index (χ4n) is 1.51. The van der Waals surface area contributed by atoms with Gasteiger partial charge in [0.1, 0.15) is 5.82 Å². The highest BCUT2D eigenvalue weighted by atomic mass is 35.5. The van der Waals surface area contributed by atoms with Gasteiger partial charge in [-0.1, -0.05) is 6.07 Å². The minimum absolute atomic E-state index is 0.238. The molecule has 0 saturated carbocycles. The van der Waals surface area contributed by atoms with Gasteiger partial charge >= 0.3 is 0 Å². The molecule has 2 rings (SSSR count). The molecule has 0 saturated heterocycles. The number of pyridine rings is 1. The van der Waals surface area contributed by atoms with Gasteiger partial charge < -0.3 is 0 Å². The maximum atomic E-state index is 12.8. The average molecular weight is 236 g/mol. The third-order valence-electron chi connectivity index (χ3n) is 2.48. The Bertz CT molecular complexity index is 494. The van der Waals surface area contributed by atoms with Gasteiger partial charge in [0.05, 0.1) is 5.69 Å². The van der Waals surface area contributed by atoms with Crippen molar-refractivity contribution in [1.82, 2.24) is 4.98 Å². The Morgan fingerprint density at radius 1 is 1.12 bits per heavy atom. The molecule has 2 aromatic rings. The standard InChI is InChI=1S/C13H11ClFN/c1-9-11(8-14)4-7-13(16-9)10-2-5-12(15)6-3-10/h2-7H,8H2,1H3. The fourth-order valence-corrected chi connectivity index (χ4v) is 1.80. The minimum atomic E-state index is -0.238. The maximum Gasteiger partial charge on any atom is 0.123 e. The van der Waals surface area contributed by atoms with Crippen molar-refractivity contribution in [3.8, 4) is 11.3 Å². The minimum Gasteiger partial charge on any atom is -0.253 e. The zero-order valence-corrected chi connectivity index (χ0v) is 9.63. The van der Waals surface area contributed by atoms with Crippen molar-refractivity contribution in [1.29, 1.82) is 0 Å². The highest BCUT2D eigenvalue weighted by Gasteiger charge is 2.03. The summed E-state index contributed by atoms with van der Waals surface area (Å²) in [5.41, 5.74) is 3.68. The lowest BCUT2D eigenvalue weighted by Gasteiger charge is -2.05. The topological polar surface area (TPSA) is 12.9 Å². The van der Waals surface area contributed by atoms with Crippen LogP contribution in [-0.4, -0.2) is 4.98 Å². The molecule has 0 N–H and O–H groups in total. The van der Waals surface area contributed by atoms with Crippen molar-refractivity contribution in [3.05, 3.63) is 53.5 Å². The van der Waals surface area contributed by atoms with Gasteiger partial charge in [-0.25, -0.2) is 4.39 Å². The number of alkyl halides is 1. The van der Waals surface area contributed by atoms with E-state index in [0.29, 0.717) is 5.88 Å². The van der Waals surface area contributed by atoms with Crippen LogP contribution in [0, 0.1) is 12.7 Å². The maximum absolute atomic E-state index is 12.8. The van der Waals surface area contributed by atoms with E-state index in [9.17, 15) is 4.39 Å². The number of hydrogen-bond acceptors (Lipinski definition) is 1. The average Bonchev–Trinajstić information content (AvgIpc) is 2.30. The third kappa shape index (κ3) is 2.22. The molecule has 16 heavy (non-hydrogen) atoms. The highest BCUT2D eigenvalue weighted by Crippen LogP contribution is 2.19. The summed E-state index contributed by atoms with van der Waals surface area (Å²) in [6.45, 7) is 1.92. The van der Waals surface area contributed by atoms with E-state index in [1.165, 1.54) is 12.1 Å². The zero-order valence-electron chi connectivity index (χ0n) is 8.87. The number of benzene rings is 1. The molecule has 0 aliphatic carbocycles. The second-order valence-corrected chi connectivity index (χ2v) is 3.85. The molecule has 0 bridgehead atoms. The van der Waals surface area contributed by atoms with Gasteiger partial charge in [-0.2, -0.15) is 0 Å². The van der Waals surface area contributed by atoms with E-state index < -0.39 is 0 Å². The second kappa shape index (κ2) is 4.62. The Morgan fingerprint density at radius 3 is 2.38 bits per heavy atom. The largest absolute Gasteiger partial charge is 0.253 e. The van der Waals surface area contributed by atoms with Crippen LogP contribution in [-0.2, 0) is 5.88 Å². The van der Waals surface area contributed by atoms with Gasteiger partial charge in [0.25, 0.3) is 0 Å². The summed E-state index contributed by atoms with van der Waals surface area (Å²) in [4.78, 5) is 4.44. The molecule has 0 radical (unpaired) electrons. The lowest BCUT2D eigenvalue weighted by atomic mass is 10.1. The fraction of sp³-hybridized carbons (Fsp3) is 0.154. The summed E-state index contributed by atoms with van der Waals surface area (Å²) < 4.78 is 12.8. The summed E-state index contributed by atoms with van der Waals surface area (Å²) in [6.07, 6.45) is 0. The zero-order chi connectivity index (χ0) is 11.5. The first-order valence-electron chi connectivity index (χ1n) is 4.99. The van der Waals surface area contributed by atoms with Crippen molar-refractivity contribution < 1.29 is 4.39 Å². The molecule has 82 valence electrons. The van der Waals surface area contributed by atoms with Crippen molar-refractivity contribution in [3.63, 3.8) is 0 Å². The van der Waals surface area contributed by atoms with Crippen LogP contribution in [0.4, 0.5) is 4.39 Å². The van der Waals surface area contributed by atoms with Crippen molar-refractivity contribution >= 4 is 11.6 Å². The van der Waals surface area contributed by atoms with Crippen molar-refractivity contribution in [2.45, 2.75) is 12.8 Å². The first-order chi connectivity index (χ1) is 7.70. The number of halogens is 2. The number of rotatable bonds is 2. The van der Waals surface area contributed by atoms with Gasteiger partial charge in [-0.3, -0.25) is 4.98 Å². The van der Waals surface area contributed by atoms with Crippen molar-refractivity contribution in [2.75, 3.05) is 0 Å². The van der Waals surface area contributed by atoms with Crippen LogP contribution < -0.4 is 0 Å². The third-order valence-corrected chi connectivity index (χ3v) is 2.77. The lowest BCUT2D eigenvalue weighted by Crippen LogP contribution is -1.92. The van der Waals surface area contributed by atoms with Crippen LogP contribution in [0.2, 0.25) is 0 Å². The van der Waals surface area contributed by atoms with E-state index in [0.717, 1.165) is 22.5 Å². The Morgan fingerprint density at radius 2 is 1.81 bits per heavy atom. The highest BCUT2D eigenvalue weighted by molar-refractivity contribution is 6.17. The van der Waals surface area contributed by atoms with Crippen LogP contribution in [0.15, 0.2) is 36.4 Å². The molecular weight excluding hydrogens is 225 g/mol. The van der Waals surface area contributed by atoms with E-state index in [4.69, 9.17) is 11.6 Å². The first kappa shape index (κ1) is 11.1. The normalized spacial score (nSPS) is 10.4. The number of nitrogens with zero attached hydrogens (tertiary/aromatic N) is 1. The molecule has 0 aliphatic heterocycles. The van der Waals surface area contributed by atoms with E-state index in [1.807, 2.05) is 19.1 Å². The summed E-state index contributed by atoms with van der Waals surface area (Å²) in [7, 11) is 0. The van der Waals surface area contributed by atoms with Gasteiger partial charge in [0, 0.05) is 17.1 Å². The smallest absolute Gasteiger partial charge is 0.123 e. The van der Waals surface area contributed by atoms with Crippen LogP contribution in [0.3, 0.4) is 0 Å². The predicted molar refractivity (Wildman–Crippen MR) is 63.9 cm³/mol. The first-order valence-corrected chi connectivity index (χ1v) is 5.52. The molecular formula is C13H11ClFN. The van der Waals surface area contributed by atoms with Crippen molar-refractivity contribution in [2.24, 2.45) is 0 Å². The van der Waals surface area contributed by atoms with E-state index in [-0.39, 0.29) is 5.82 Å². The quantitative estimate of drug-likeness (QED) is 0.719. The van der Waals surface area contributed by atoms with E-state index in [2.05, 4.69) is 4.98 Å². The SMILES string of the molecule is Cc1nc(-c2ccc(F)cc2)ccc1CCl. The molecule has 1 aromatic heterocycles. The van der Waals surface area contributed by atoms with Gasteiger partial charge in [0.15, 0.2) is 0 Å². The van der Waals surface area contributed by atoms with Crippen LogP contribution in [0.1, 0.15) is 11.3 Å². The lowest BCUT2D eigenvalue weighted by molar-refractivity contribution is 0.628. The van der Waals surface area contributed by atoms with Crippen LogP contribution >= 0.6 is 11.6 Å². The molecule has 3 heteroatoms. The number of aryl methyl sites for hydroxylation is 1. The summed E-state index contributed by atoms with van der Waals surface area (Å²) in [5.74, 6) is 0.223. The number of aromatic nitrogens is 1. The monoisotopic (exact) mass is 235 g/mol. The Kier molecular flexibility index (Phi) is 3.20. The van der Waals surface area contributed by atoms with E-state index >= 15 is 0 Å². The number of hydrogen-bond donors (Lipinski definition) is 0. The molecule has 0 fully saturated rings. The molecule has 0 amide bonds. The Balaban J connectivity index is 2.41. The van der Waals surface area contributed by atoms with Crippen LogP contribution in [0.5, 0.6) is 0 Å². The van der Waals surface area contributed by atoms with E-state index in [1.54, 1.807) is 12.1 Å². The van der Waals surface area contributed by atoms with Gasteiger partial charge in [0.2, 0.25) is 0 Å².